The first-order valence-electron chi connectivity index (χ1n) is 7.55. The summed E-state index contributed by atoms with van der Waals surface area (Å²) in [6.07, 6.45) is 7.90. The van der Waals surface area contributed by atoms with Gasteiger partial charge in [0.25, 0.3) is 0 Å². The van der Waals surface area contributed by atoms with Crippen molar-refractivity contribution < 1.29 is 19.1 Å². The number of rotatable bonds is 10. The summed E-state index contributed by atoms with van der Waals surface area (Å²) < 4.78 is 10.4. The van der Waals surface area contributed by atoms with Crippen LogP contribution in [0.4, 0.5) is 0 Å². The third-order valence-electron chi connectivity index (χ3n) is 3.28. The van der Waals surface area contributed by atoms with Crippen LogP contribution in [-0.4, -0.2) is 19.4 Å². The van der Waals surface area contributed by atoms with E-state index in [0.29, 0.717) is 23.5 Å². The summed E-state index contributed by atoms with van der Waals surface area (Å²) in [5.41, 5.74) is 0.488. The lowest BCUT2D eigenvalue weighted by Crippen LogP contribution is -2.08. The fourth-order valence-corrected chi connectivity index (χ4v) is 2.07. The molecular formula is C17H24O4. The lowest BCUT2D eigenvalue weighted by Gasteiger charge is -2.09. The molecule has 0 amide bonds. The molecule has 0 saturated heterocycles. The molecule has 0 heterocycles. The number of methoxy groups -OCH3 is 1. The first kappa shape index (κ1) is 17.2. The number of benzene rings is 1. The summed E-state index contributed by atoms with van der Waals surface area (Å²) in [6, 6.07) is 4.74. The molecule has 0 saturated carbocycles. The predicted octanol–water partition coefficient (Wildman–Crippen LogP) is 4.16. The van der Waals surface area contributed by atoms with E-state index < -0.39 is 0 Å². The van der Waals surface area contributed by atoms with Gasteiger partial charge < -0.3 is 9.47 Å². The van der Waals surface area contributed by atoms with E-state index >= 15 is 0 Å². The summed E-state index contributed by atoms with van der Waals surface area (Å²) in [4.78, 5) is 22.5. The molecule has 0 atom stereocenters. The molecular weight excluding hydrogens is 268 g/mol. The zero-order valence-corrected chi connectivity index (χ0v) is 12.9. The van der Waals surface area contributed by atoms with Crippen LogP contribution in [0.15, 0.2) is 18.2 Å². The van der Waals surface area contributed by atoms with Crippen molar-refractivity contribution in [2.45, 2.75) is 51.9 Å². The number of hydrogen-bond acceptors (Lipinski definition) is 4. The summed E-state index contributed by atoms with van der Waals surface area (Å²) in [7, 11) is 1.48. The van der Waals surface area contributed by atoms with E-state index in [0.717, 1.165) is 19.1 Å². The molecule has 0 bridgehead atoms. The Kier molecular flexibility index (Phi) is 8.17. The topological polar surface area (TPSA) is 52.6 Å². The van der Waals surface area contributed by atoms with Crippen molar-refractivity contribution in [1.82, 2.24) is 0 Å². The number of carbonyl (C=O) groups is 2. The van der Waals surface area contributed by atoms with Crippen molar-refractivity contribution in [2.75, 3.05) is 7.11 Å². The highest BCUT2D eigenvalue weighted by atomic mass is 16.6. The van der Waals surface area contributed by atoms with Crippen LogP contribution < -0.4 is 9.47 Å². The van der Waals surface area contributed by atoms with Gasteiger partial charge in [0.2, 0.25) is 0 Å². The Labute approximate surface area is 126 Å². The average Bonchev–Trinajstić information content (AvgIpc) is 2.51. The van der Waals surface area contributed by atoms with E-state index in [1.54, 1.807) is 18.2 Å². The minimum atomic E-state index is -0.261. The van der Waals surface area contributed by atoms with E-state index in [4.69, 9.17) is 9.47 Å². The van der Waals surface area contributed by atoms with E-state index in [1.165, 1.54) is 32.8 Å². The predicted molar refractivity (Wildman–Crippen MR) is 82.0 cm³/mol. The van der Waals surface area contributed by atoms with Gasteiger partial charge in [0.05, 0.1) is 7.11 Å². The smallest absolute Gasteiger partial charge is 0.311 e. The van der Waals surface area contributed by atoms with Crippen molar-refractivity contribution in [3.8, 4) is 11.5 Å². The fraction of sp³-hybridized carbons (Fsp3) is 0.529. The molecule has 1 aromatic rings. The lowest BCUT2D eigenvalue weighted by atomic mass is 10.1. The Bertz CT molecular complexity index is 454. The summed E-state index contributed by atoms with van der Waals surface area (Å²) in [6.45, 7) is 2.18. The van der Waals surface area contributed by atoms with Crippen LogP contribution in [0, 0.1) is 0 Å². The normalized spacial score (nSPS) is 10.2. The third kappa shape index (κ3) is 6.43. The van der Waals surface area contributed by atoms with E-state index in [2.05, 4.69) is 6.92 Å². The monoisotopic (exact) mass is 292 g/mol. The molecule has 4 heteroatoms. The van der Waals surface area contributed by atoms with Crippen LogP contribution in [0.2, 0.25) is 0 Å². The van der Waals surface area contributed by atoms with Crippen LogP contribution in [0.25, 0.3) is 0 Å². The highest BCUT2D eigenvalue weighted by molar-refractivity contribution is 5.78. The Hall–Kier alpha value is -1.84. The number of unbranched alkanes of at least 4 members (excludes halogenated alkanes) is 5. The Morgan fingerprint density at radius 3 is 2.48 bits per heavy atom. The van der Waals surface area contributed by atoms with Crippen LogP contribution in [0.5, 0.6) is 11.5 Å². The summed E-state index contributed by atoms with van der Waals surface area (Å²) >= 11 is 0. The second-order valence-electron chi connectivity index (χ2n) is 5.02. The van der Waals surface area contributed by atoms with Gasteiger partial charge in [0, 0.05) is 12.0 Å². The van der Waals surface area contributed by atoms with Gasteiger partial charge in [-0.15, -0.1) is 0 Å². The third-order valence-corrected chi connectivity index (χ3v) is 3.28. The molecule has 0 fully saturated rings. The minimum Gasteiger partial charge on any atom is -0.493 e. The standard InChI is InChI=1S/C17H24O4/c1-3-4-5-6-7-8-9-17(19)21-15-11-10-14(13-18)12-16(15)20-2/h10-13H,3-9H2,1-2H3. The highest BCUT2D eigenvalue weighted by Crippen LogP contribution is 2.28. The number of ether oxygens (including phenoxy) is 2. The van der Waals surface area contributed by atoms with E-state index in [1.807, 2.05) is 0 Å². The molecule has 0 radical (unpaired) electrons. The molecule has 0 aliphatic carbocycles. The summed E-state index contributed by atoms with van der Waals surface area (Å²) in [5, 5.41) is 0. The maximum absolute atomic E-state index is 11.8. The van der Waals surface area contributed by atoms with Gasteiger partial charge in [-0.1, -0.05) is 39.0 Å². The molecule has 0 spiro atoms. The van der Waals surface area contributed by atoms with Crippen molar-refractivity contribution in [1.29, 1.82) is 0 Å². The van der Waals surface area contributed by atoms with Gasteiger partial charge in [-0.05, 0) is 24.6 Å². The molecule has 0 aliphatic heterocycles. The lowest BCUT2D eigenvalue weighted by molar-refractivity contribution is -0.134. The van der Waals surface area contributed by atoms with Gasteiger partial charge in [-0.25, -0.2) is 0 Å². The largest absolute Gasteiger partial charge is 0.493 e. The molecule has 21 heavy (non-hydrogen) atoms. The molecule has 0 N–H and O–H groups in total. The number of hydrogen-bond donors (Lipinski definition) is 0. The minimum absolute atomic E-state index is 0.261. The van der Waals surface area contributed by atoms with Crippen molar-refractivity contribution in [2.24, 2.45) is 0 Å². The average molecular weight is 292 g/mol. The first-order valence-corrected chi connectivity index (χ1v) is 7.55. The van der Waals surface area contributed by atoms with Crippen molar-refractivity contribution >= 4 is 12.3 Å². The summed E-state index contributed by atoms with van der Waals surface area (Å²) in [5.74, 6) is 0.498. The van der Waals surface area contributed by atoms with Crippen LogP contribution in [0.3, 0.4) is 0 Å². The SMILES string of the molecule is CCCCCCCCC(=O)Oc1ccc(C=O)cc1OC. The maximum Gasteiger partial charge on any atom is 0.311 e. The van der Waals surface area contributed by atoms with Gasteiger partial charge in [0.1, 0.15) is 6.29 Å². The molecule has 0 aromatic heterocycles. The van der Waals surface area contributed by atoms with E-state index in [-0.39, 0.29) is 5.97 Å². The van der Waals surface area contributed by atoms with Gasteiger partial charge in [-0.3, -0.25) is 9.59 Å². The van der Waals surface area contributed by atoms with Gasteiger partial charge in [-0.2, -0.15) is 0 Å². The zero-order chi connectivity index (χ0) is 15.5. The Morgan fingerprint density at radius 2 is 1.81 bits per heavy atom. The maximum atomic E-state index is 11.8. The molecule has 116 valence electrons. The highest BCUT2D eigenvalue weighted by Gasteiger charge is 2.10. The first-order chi connectivity index (χ1) is 10.2. The van der Waals surface area contributed by atoms with E-state index in [9.17, 15) is 9.59 Å². The number of esters is 1. The van der Waals surface area contributed by atoms with Crippen LogP contribution >= 0.6 is 0 Å². The molecule has 0 aliphatic rings. The van der Waals surface area contributed by atoms with Crippen LogP contribution in [0.1, 0.15) is 62.2 Å². The fourth-order valence-electron chi connectivity index (χ4n) is 2.07. The molecule has 4 nitrogen and oxygen atoms in total. The van der Waals surface area contributed by atoms with Crippen LogP contribution in [-0.2, 0) is 4.79 Å². The molecule has 1 rings (SSSR count). The zero-order valence-electron chi connectivity index (χ0n) is 12.9. The number of aldehydes is 1. The molecule has 0 unspecified atom stereocenters. The number of carbonyl (C=O) groups excluding carboxylic acids is 2. The quantitative estimate of drug-likeness (QED) is 0.281. The van der Waals surface area contributed by atoms with Crippen molar-refractivity contribution in [3.05, 3.63) is 23.8 Å². The van der Waals surface area contributed by atoms with Gasteiger partial charge >= 0.3 is 5.97 Å². The molecule has 1 aromatic carbocycles. The van der Waals surface area contributed by atoms with Gasteiger partial charge in [0.15, 0.2) is 11.5 Å². The Morgan fingerprint density at radius 1 is 1.10 bits per heavy atom. The Balaban J connectivity index is 2.38. The van der Waals surface area contributed by atoms with Crippen molar-refractivity contribution in [3.63, 3.8) is 0 Å². The second kappa shape index (κ2) is 9.97. The second-order valence-corrected chi connectivity index (χ2v) is 5.02.